The van der Waals surface area contributed by atoms with Crippen molar-refractivity contribution in [3.63, 3.8) is 0 Å². The summed E-state index contributed by atoms with van der Waals surface area (Å²) in [6.45, 7) is 1.47. The first kappa shape index (κ1) is 25.5. The molecule has 0 amide bonds. The molecule has 0 fully saturated rings. The quantitative estimate of drug-likeness (QED) is 0.369. The minimum absolute atomic E-state index is 0.00899. The summed E-state index contributed by atoms with van der Waals surface area (Å²) in [4.78, 5) is 31.5. The number of nitrogens with one attached hydrogen (secondary N) is 2. The van der Waals surface area contributed by atoms with Gasteiger partial charge < -0.3 is 20.3 Å². The van der Waals surface area contributed by atoms with Crippen LogP contribution in [0.1, 0.15) is 24.0 Å². The van der Waals surface area contributed by atoms with Crippen molar-refractivity contribution < 1.29 is 42.5 Å². The summed E-state index contributed by atoms with van der Waals surface area (Å²) in [6, 6.07) is 6.41. The molecule has 0 aliphatic carbocycles. The average Bonchev–Trinajstić information content (AvgIpc) is 3.20. The molecule has 176 valence electrons. The lowest BCUT2D eigenvalue weighted by atomic mass is 9.82. The van der Waals surface area contributed by atoms with E-state index in [0.717, 1.165) is 0 Å². The molecule has 3 rings (SSSR count). The first-order chi connectivity index (χ1) is 15.5. The van der Waals surface area contributed by atoms with Gasteiger partial charge in [-0.15, -0.1) is 0 Å². The predicted molar refractivity (Wildman–Crippen MR) is 110 cm³/mol. The number of benzene rings is 1. The van der Waals surface area contributed by atoms with Crippen LogP contribution in [0.2, 0.25) is 5.02 Å². The number of halogens is 4. The second kappa shape index (κ2) is 10.7. The molecule has 1 aromatic carbocycles. The maximum atomic E-state index is 13.6. The van der Waals surface area contributed by atoms with Gasteiger partial charge in [0.05, 0.1) is 12.2 Å². The van der Waals surface area contributed by atoms with Crippen LogP contribution >= 0.6 is 11.6 Å². The van der Waals surface area contributed by atoms with Crippen LogP contribution in [0.25, 0.3) is 0 Å². The topological polar surface area (TPSA) is 142 Å². The minimum Gasteiger partial charge on any atom is -0.478 e. The Balaban J connectivity index is 0.000000414. The number of aromatic amines is 1. The molecular weight excluding hydrogens is 471 g/mol. The number of hydrogen-bond acceptors (Lipinski definition) is 6. The number of carboxylic acid groups (broad SMARTS) is 2. The van der Waals surface area contributed by atoms with Crippen LogP contribution in [0.3, 0.4) is 0 Å². The number of aromatic nitrogens is 2. The first-order valence-electron chi connectivity index (χ1n) is 9.14. The van der Waals surface area contributed by atoms with Crippen LogP contribution in [0.4, 0.5) is 19.0 Å². The Labute approximate surface area is 189 Å². The van der Waals surface area contributed by atoms with E-state index in [9.17, 15) is 27.6 Å². The Kier molecular flexibility index (Phi) is 8.24. The van der Waals surface area contributed by atoms with Gasteiger partial charge in [-0.1, -0.05) is 29.8 Å². The van der Waals surface area contributed by atoms with Crippen LogP contribution in [0.15, 0.2) is 53.9 Å². The molecule has 1 unspecified atom stereocenters. The fourth-order valence-electron chi connectivity index (χ4n) is 2.93. The van der Waals surface area contributed by atoms with E-state index in [1.54, 1.807) is 24.3 Å². The molecule has 0 spiro atoms. The van der Waals surface area contributed by atoms with Crippen molar-refractivity contribution in [3.8, 4) is 0 Å². The number of allylic oxidation sites excluding steroid dienone is 1. The molecule has 2 aromatic rings. The van der Waals surface area contributed by atoms with Gasteiger partial charge in [0.2, 0.25) is 0 Å². The minimum atomic E-state index is -4.79. The second-order valence-corrected chi connectivity index (χ2v) is 6.69. The monoisotopic (exact) mass is 487 g/mol. The number of nitrogens with zero attached hydrogens (tertiary/aromatic N) is 1. The van der Waals surface area contributed by atoms with Gasteiger partial charge in [0.15, 0.2) is 5.82 Å². The van der Waals surface area contributed by atoms with Crippen LogP contribution in [-0.2, 0) is 19.1 Å². The molecule has 1 atom stereocenters. The van der Waals surface area contributed by atoms with Gasteiger partial charge in [0, 0.05) is 34.9 Å². The smallest absolute Gasteiger partial charge is 0.431 e. The number of esters is 1. The molecule has 4 N–H and O–H groups in total. The van der Waals surface area contributed by atoms with Crippen molar-refractivity contribution >= 4 is 35.3 Å². The summed E-state index contributed by atoms with van der Waals surface area (Å²) in [5.74, 6) is -4.64. The third kappa shape index (κ3) is 6.35. The maximum absolute atomic E-state index is 13.6. The molecular formula is C20H17ClF3N3O6. The zero-order chi connectivity index (χ0) is 24.8. The van der Waals surface area contributed by atoms with E-state index in [2.05, 4.69) is 15.5 Å². The first-order valence-corrected chi connectivity index (χ1v) is 9.52. The van der Waals surface area contributed by atoms with E-state index < -0.39 is 41.3 Å². The zero-order valence-corrected chi connectivity index (χ0v) is 17.6. The molecule has 1 aliphatic heterocycles. The summed E-state index contributed by atoms with van der Waals surface area (Å²) >= 11 is 6.19. The molecule has 13 heteroatoms. The van der Waals surface area contributed by atoms with Gasteiger partial charge in [0.25, 0.3) is 0 Å². The van der Waals surface area contributed by atoms with Gasteiger partial charge in [-0.2, -0.15) is 18.3 Å². The van der Waals surface area contributed by atoms with E-state index >= 15 is 0 Å². The third-order valence-corrected chi connectivity index (χ3v) is 4.49. The van der Waals surface area contributed by atoms with E-state index in [-0.39, 0.29) is 17.4 Å². The molecule has 1 aliphatic rings. The molecule has 9 nitrogen and oxygen atoms in total. The Bertz CT molecular complexity index is 1090. The number of alkyl halides is 3. The SMILES string of the molecule is CCOC(=O)C1=C(C(F)(F)F)Nc2n[nH]cc2C1c1ccccc1Cl.O=C(O)C=CC(=O)O. The summed E-state index contributed by atoms with van der Waals surface area (Å²) in [5.41, 5.74) is -1.01. The molecule has 0 saturated carbocycles. The molecule has 1 aromatic heterocycles. The average molecular weight is 488 g/mol. The standard InChI is InChI=1S/C16H13ClF3N3O2.C4H4O4/c1-2-25-15(24)12-11(8-5-3-4-6-10(8)17)9-7-21-23-14(9)22-13(12)16(18,19)20;5-3(6)1-2-4(7)8/h3-7,11H,2H2,1H3,(H2,21,22,23);1-2H,(H,5,6)(H,7,8). The number of hydrogen-bond donors (Lipinski definition) is 4. The normalized spacial score (nSPS) is 15.2. The van der Waals surface area contributed by atoms with Crippen molar-refractivity contribution in [2.24, 2.45) is 0 Å². The summed E-state index contributed by atoms with van der Waals surface area (Å²) < 4.78 is 45.6. The third-order valence-electron chi connectivity index (χ3n) is 4.15. The van der Waals surface area contributed by atoms with Crippen LogP contribution < -0.4 is 5.32 Å². The molecule has 0 saturated heterocycles. The van der Waals surface area contributed by atoms with E-state index in [4.69, 9.17) is 26.6 Å². The van der Waals surface area contributed by atoms with E-state index in [1.165, 1.54) is 13.1 Å². The predicted octanol–water partition coefficient (Wildman–Crippen LogP) is 3.71. The van der Waals surface area contributed by atoms with Crippen LogP contribution in [0.5, 0.6) is 0 Å². The zero-order valence-electron chi connectivity index (χ0n) is 16.8. The number of rotatable bonds is 5. The highest BCUT2D eigenvalue weighted by molar-refractivity contribution is 6.31. The van der Waals surface area contributed by atoms with Gasteiger partial charge in [-0.25, -0.2) is 14.4 Å². The van der Waals surface area contributed by atoms with Gasteiger partial charge in [-0.05, 0) is 18.6 Å². The lowest BCUT2D eigenvalue weighted by Crippen LogP contribution is -2.32. The fourth-order valence-corrected chi connectivity index (χ4v) is 3.18. The van der Waals surface area contributed by atoms with Crippen molar-refractivity contribution in [3.05, 3.63) is 70.0 Å². The van der Waals surface area contributed by atoms with E-state index in [1.807, 2.05) is 0 Å². The lowest BCUT2D eigenvalue weighted by molar-refractivity contribution is -0.140. The maximum Gasteiger partial charge on any atom is 0.431 e. The number of aliphatic carboxylic acids is 2. The van der Waals surface area contributed by atoms with Gasteiger partial charge in [0.1, 0.15) is 5.70 Å². The van der Waals surface area contributed by atoms with Crippen LogP contribution in [0, 0.1) is 0 Å². The number of carbonyl (C=O) groups excluding carboxylic acids is 1. The van der Waals surface area contributed by atoms with Crippen molar-refractivity contribution in [2.45, 2.75) is 19.0 Å². The number of carbonyl (C=O) groups is 3. The second-order valence-electron chi connectivity index (χ2n) is 6.29. The highest BCUT2D eigenvalue weighted by atomic mass is 35.5. The van der Waals surface area contributed by atoms with Crippen LogP contribution in [-0.4, -0.2) is 51.1 Å². The lowest BCUT2D eigenvalue weighted by Gasteiger charge is -2.29. The molecule has 0 bridgehead atoms. The number of anilines is 1. The summed E-state index contributed by atoms with van der Waals surface area (Å²) in [7, 11) is 0. The largest absolute Gasteiger partial charge is 0.478 e. The van der Waals surface area contributed by atoms with Gasteiger partial charge >= 0.3 is 24.1 Å². The fraction of sp³-hybridized carbons (Fsp3) is 0.200. The van der Waals surface area contributed by atoms with Crippen molar-refractivity contribution in [1.29, 1.82) is 0 Å². The summed E-state index contributed by atoms with van der Waals surface area (Å²) in [6.07, 6.45) is -2.24. The van der Waals surface area contributed by atoms with Crippen molar-refractivity contribution in [1.82, 2.24) is 10.2 Å². The Morgan fingerprint density at radius 2 is 1.76 bits per heavy atom. The number of H-pyrrole nitrogens is 1. The number of ether oxygens (including phenoxy) is 1. The Morgan fingerprint density at radius 1 is 1.15 bits per heavy atom. The van der Waals surface area contributed by atoms with Crippen molar-refractivity contribution in [2.75, 3.05) is 11.9 Å². The Morgan fingerprint density at radius 3 is 2.27 bits per heavy atom. The molecule has 33 heavy (non-hydrogen) atoms. The highest BCUT2D eigenvalue weighted by Crippen LogP contribution is 2.46. The highest BCUT2D eigenvalue weighted by Gasteiger charge is 2.46. The number of fused-ring (bicyclic) bond motifs is 1. The summed E-state index contributed by atoms with van der Waals surface area (Å²) in [5, 5.41) is 24.4. The Hall–Kier alpha value is -3.80. The van der Waals surface area contributed by atoms with E-state index in [0.29, 0.717) is 23.3 Å². The number of carboxylic acids is 2. The van der Waals surface area contributed by atoms with Gasteiger partial charge in [-0.3, -0.25) is 5.10 Å². The molecule has 0 radical (unpaired) electrons. The molecule has 2 heterocycles.